The Morgan fingerprint density at radius 1 is 1.33 bits per heavy atom. The van der Waals surface area contributed by atoms with E-state index in [1.54, 1.807) is 30.9 Å². The number of hydrogen-bond donors (Lipinski definition) is 2. The van der Waals surface area contributed by atoms with Crippen LogP contribution in [0.5, 0.6) is 5.75 Å². The Kier molecular flexibility index (Phi) is 3.41. The van der Waals surface area contributed by atoms with Gasteiger partial charge in [0.05, 0.1) is 0 Å². The summed E-state index contributed by atoms with van der Waals surface area (Å²) < 4.78 is 5.16. The van der Waals surface area contributed by atoms with Gasteiger partial charge in [-0.15, -0.1) is 0 Å². The smallest absolute Gasteiger partial charge is 0.138 e. The molecular weight excluding hydrogens is 154 g/mol. The van der Waals surface area contributed by atoms with Gasteiger partial charge in [0.2, 0.25) is 0 Å². The maximum Gasteiger partial charge on any atom is 0.138 e. The van der Waals surface area contributed by atoms with Crippen molar-refractivity contribution >= 4 is 5.69 Å². The number of hydrogen-bond acceptors (Lipinski definition) is 3. The molecule has 0 heterocycles. The van der Waals surface area contributed by atoms with Crippen LogP contribution in [-0.2, 0) is 0 Å². The quantitative estimate of drug-likeness (QED) is 0.522. The summed E-state index contributed by atoms with van der Waals surface area (Å²) >= 11 is 0. The average Bonchev–Trinajstić information content (AvgIpc) is 2.09. The zero-order chi connectivity index (χ0) is 8.81. The van der Waals surface area contributed by atoms with Crippen LogP contribution in [0.2, 0.25) is 0 Å². The van der Waals surface area contributed by atoms with Gasteiger partial charge < -0.3 is 15.6 Å². The second kappa shape index (κ2) is 4.62. The Labute approximate surface area is 71.8 Å². The molecule has 3 N–H and O–H groups in total. The first kappa shape index (κ1) is 8.87. The van der Waals surface area contributed by atoms with E-state index in [2.05, 4.69) is 0 Å². The topological polar surface area (TPSA) is 55.5 Å². The van der Waals surface area contributed by atoms with Gasteiger partial charge in [0, 0.05) is 18.7 Å². The van der Waals surface area contributed by atoms with Crippen LogP contribution < -0.4 is 10.5 Å². The number of nitrogen functional groups attached to an aromatic ring is 1. The summed E-state index contributed by atoms with van der Waals surface area (Å²) in [6.07, 6.45) is 0.532. The summed E-state index contributed by atoms with van der Waals surface area (Å²) in [5, 5.41) is 8.46. The summed E-state index contributed by atoms with van der Waals surface area (Å²) in [5.74, 6) is 0.734. The molecule has 1 radical (unpaired) electrons. The summed E-state index contributed by atoms with van der Waals surface area (Å²) in [4.78, 5) is 0. The van der Waals surface area contributed by atoms with Gasteiger partial charge in [-0.25, -0.2) is 0 Å². The molecule has 0 bridgehead atoms. The van der Waals surface area contributed by atoms with Crippen LogP contribution in [0.15, 0.2) is 24.3 Å². The molecule has 0 aliphatic rings. The van der Waals surface area contributed by atoms with Gasteiger partial charge in [0.25, 0.3) is 0 Å². The molecule has 0 aromatic heterocycles. The number of rotatable bonds is 4. The van der Waals surface area contributed by atoms with Gasteiger partial charge in [-0.3, -0.25) is 0 Å². The van der Waals surface area contributed by atoms with Crippen molar-refractivity contribution in [3.05, 3.63) is 30.9 Å². The third kappa shape index (κ3) is 2.80. The predicted octanol–water partition coefficient (Wildman–Crippen LogP) is 1.19. The number of aliphatic hydroxyl groups is 1. The Hall–Kier alpha value is -1.22. The SMILES string of the molecule is Nc1ccc(O[CH]CCO)cc1. The molecule has 0 atom stereocenters. The minimum absolute atomic E-state index is 0.106. The number of nitrogens with two attached hydrogens (primary N) is 1. The van der Waals surface area contributed by atoms with Crippen LogP contribution in [-0.4, -0.2) is 11.7 Å². The first-order valence-electron chi connectivity index (χ1n) is 3.77. The van der Waals surface area contributed by atoms with E-state index in [-0.39, 0.29) is 6.61 Å². The van der Waals surface area contributed by atoms with Crippen LogP contribution in [0, 0.1) is 6.61 Å². The van der Waals surface area contributed by atoms with Crippen LogP contribution in [0.1, 0.15) is 6.42 Å². The highest BCUT2D eigenvalue weighted by molar-refractivity contribution is 5.41. The Morgan fingerprint density at radius 3 is 2.58 bits per heavy atom. The van der Waals surface area contributed by atoms with E-state index in [1.807, 2.05) is 0 Å². The first-order valence-corrected chi connectivity index (χ1v) is 3.77. The van der Waals surface area contributed by atoms with Crippen molar-refractivity contribution in [2.75, 3.05) is 12.3 Å². The highest BCUT2D eigenvalue weighted by Crippen LogP contribution is 2.13. The lowest BCUT2D eigenvalue weighted by molar-refractivity contribution is 0.269. The van der Waals surface area contributed by atoms with E-state index in [1.165, 1.54) is 0 Å². The molecule has 0 saturated carbocycles. The van der Waals surface area contributed by atoms with Crippen molar-refractivity contribution in [1.29, 1.82) is 0 Å². The van der Waals surface area contributed by atoms with E-state index < -0.39 is 0 Å². The molecule has 0 aliphatic carbocycles. The van der Waals surface area contributed by atoms with Gasteiger partial charge in [0.15, 0.2) is 0 Å². The number of benzene rings is 1. The molecular formula is C9H12NO2. The van der Waals surface area contributed by atoms with E-state index >= 15 is 0 Å². The zero-order valence-electron chi connectivity index (χ0n) is 6.73. The molecule has 0 fully saturated rings. The van der Waals surface area contributed by atoms with Gasteiger partial charge in [0.1, 0.15) is 12.4 Å². The van der Waals surface area contributed by atoms with Gasteiger partial charge in [-0.05, 0) is 24.3 Å². The Bertz CT molecular complexity index is 220. The third-order valence-electron chi connectivity index (χ3n) is 1.35. The van der Waals surface area contributed by atoms with Crippen molar-refractivity contribution in [1.82, 2.24) is 0 Å². The molecule has 12 heavy (non-hydrogen) atoms. The first-order chi connectivity index (χ1) is 5.83. The summed E-state index contributed by atoms with van der Waals surface area (Å²) in [7, 11) is 0. The van der Waals surface area contributed by atoms with Crippen LogP contribution >= 0.6 is 0 Å². The fraction of sp³-hybridized carbons (Fsp3) is 0.222. The maximum atomic E-state index is 8.46. The minimum atomic E-state index is 0.106. The molecule has 3 heteroatoms. The lowest BCUT2D eigenvalue weighted by Crippen LogP contribution is -1.93. The molecule has 1 aromatic carbocycles. The summed E-state index contributed by atoms with van der Waals surface area (Å²) in [6, 6.07) is 7.09. The maximum absolute atomic E-state index is 8.46. The fourth-order valence-corrected chi connectivity index (χ4v) is 0.754. The summed E-state index contributed by atoms with van der Waals surface area (Å²) in [6.45, 7) is 1.67. The van der Waals surface area contributed by atoms with Crippen LogP contribution in [0.4, 0.5) is 5.69 Å². The fourth-order valence-electron chi connectivity index (χ4n) is 0.754. The number of aliphatic hydroxyl groups excluding tert-OH is 1. The highest BCUT2D eigenvalue weighted by Gasteiger charge is 1.92. The Morgan fingerprint density at radius 2 is 2.00 bits per heavy atom. The van der Waals surface area contributed by atoms with Gasteiger partial charge >= 0.3 is 0 Å². The summed E-state index contributed by atoms with van der Waals surface area (Å²) in [5.41, 5.74) is 6.19. The lowest BCUT2D eigenvalue weighted by atomic mass is 10.3. The third-order valence-corrected chi connectivity index (χ3v) is 1.35. The van der Waals surface area contributed by atoms with E-state index in [9.17, 15) is 0 Å². The Balaban J connectivity index is 2.37. The van der Waals surface area contributed by atoms with Crippen LogP contribution in [0.25, 0.3) is 0 Å². The molecule has 0 aliphatic heterocycles. The van der Waals surface area contributed by atoms with Crippen molar-refractivity contribution < 1.29 is 9.84 Å². The molecule has 3 nitrogen and oxygen atoms in total. The number of anilines is 1. The standard InChI is InChI=1S/C9H12NO2/c10-8-2-4-9(5-3-8)12-7-1-6-11/h2-5,7,11H,1,6,10H2. The van der Waals surface area contributed by atoms with Crippen molar-refractivity contribution in [3.63, 3.8) is 0 Å². The molecule has 1 rings (SSSR count). The zero-order valence-corrected chi connectivity index (χ0v) is 6.73. The normalized spacial score (nSPS) is 9.75. The minimum Gasteiger partial charge on any atom is -0.486 e. The van der Waals surface area contributed by atoms with Gasteiger partial charge in [-0.1, -0.05) is 0 Å². The second-order valence-corrected chi connectivity index (χ2v) is 2.37. The lowest BCUT2D eigenvalue weighted by Gasteiger charge is -2.03. The molecule has 0 amide bonds. The van der Waals surface area contributed by atoms with Crippen molar-refractivity contribution in [2.45, 2.75) is 6.42 Å². The van der Waals surface area contributed by atoms with E-state index in [4.69, 9.17) is 15.6 Å². The predicted molar refractivity (Wildman–Crippen MR) is 47.5 cm³/mol. The monoisotopic (exact) mass is 166 g/mol. The second-order valence-electron chi connectivity index (χ2n) is 2.37. The van der Waals surface area contributed by atoms with Crippen molar-refractivity contribution in [3.8, 4) is 5.75 Å². The molecule has 0 saturated heterocycles. The molecule has 1 aromatic rings. The number of ether oxygens (including phenoxy) is 1. The largest absolute Gasteiger partial charge is 0.486 e. The van der Waals surface area contributed by atoms with Crippen LogP contribution in [0.3, 0.4) is 0 Å². The van der Waals surface area contributed by atoms with Crippen molar-refractivity contribution in [2.24, 2.45) is 0 Å². The van der Waals surface area contributed by atoms with E-state index in [0.717, 1.165) is 5.75 Å². The molecule has 0 unspecified atom stereocenters. The highest BCUT2D eigenvalue weighted by atomic mass is 16.5. The average molecular weight is 166 g/mol. The van der Waals surface area contributed by atoms with Gasteiger partial charge in [-0.2, -0.15) is 0 Å². The van der Waals surface area contributed by atoms with E-state index in [0.29, 0.717) is 12.1 Å². The molecule has 65 valence electrons. The molecule has 0 spiro atoms.